The predicted octanol–water partition coefficient (Wildman–Crippen LogP) is 3.00. The molecule has 0 radical (unpaired) electrons. The summed E-state index contributed by atoms with van der Waals surface area (Å²) in [6.07, 6.45) is 3.54. The van der Waals surface area contributed by atoms with Crippen LogP contribution in [0, 0.1) is 5.41 Å². The van der Waals surface area contributed by atoms with Crippen molar-refractivity contribution in [3.05, 3.63) is 35.9 Å². The van der Waals surface area contributed by atoms with Gasteiger partial charge in [-0.1, -0.05) is 30.3 Å². The summed E-state index contributed by atoms with van der Waals surface area (Å²) in [5.41, 5.74) is 4.87. The third-order valence-corrected chi connectivity index (χ3v) is 4.50. The van der Waals surface area contributed by atoms with Crippen molar-refractivity contribution in [2.45, 2.75) is 64.2 Å². The van der Waals surface area contributed by atoms with E-state index in [1.807, 2.05) is 30.3 Å². The summed E-state index contributed by atoms with van der Waals surface area (Å²) in [7, 11) is 0. The summed E-state index contributed by atoms with van der Waals surface area (Å²) >= 11 is 0. The van der Waals surface area contributed by atoms with Crippen LogP contribution in [0.4, 0.5) is 0 Å². The van der Waals surface area contributed by atoms with Gasteiger partial charge in [0.25, 0.3) is 0 Å². The second-order valence-corrected chi connectivity index (χ2v) is 8.13. The molecule has 0 heterocycles. The molecule has 1 aromatic rings. The first-order valence-corrected chi connectivity index (χ1v) is 8.78. The van der Waals surface area contributed by atoms with Crippen LogP contribution in [0.2, 0.25) is 0 Å². The number of aldehydes is 1. The van der Waals surface area contributed by atoms with Gasteiger partial charge in [0.1, 0.15) is 5.60 Å². The van der Waals surface area contributed by atoms with Gasteiger partial charge in [-0.25, -0.2) is 4.79 Å². The van der Waals surface area contributed by atoms with E-state index in [1.165, 1.54) is 0 Å². The highest BCUT2D eigenvalue weighted by Gasteiger charge is 2.51. The maximum Gasteiger partial charge on any atom is 0.334 e. The van der Waals surface area contributed by atoms with Crippen molar-refractivity contribution in [3.63, 3.8) is 0 Å². The Morgan fingerprint density at radius 1 is 1.24 bits per heavy atom. The number of esters is 1. The second-order valence-electron chi connectivity index (χ2n) is 8.13. The minimum absolute atomic E-state index is 0.0940. The first-order valence-electron chi connectivity index (χ1n) is 8.78. The second kappa shape index (κ2) is 7.67. The van der Waals surface area contributed by atoms with Crippen LogP contribution in [0.15, 0.2) is 30.3 Å². The Morgan fingerprint density at radius 2 is 1.88 bits per heavy atom. The zero-order chi connectivity index (χ0) is 18.6. The van der Waals surface area contributed by atoms with Crippen LogP contribution < -0.4 is 5.73 Å². The molecule has 1 unspecified atom stereocenters. The fourth-order valence-electron chi connectivity index (χ4n) is 2.90. The molecular weight excluding hydrogens is 318 g/mol. The molecule has 0 aliphatic heterocycles. The van der Waals surface area contributed by atoms with E-state index in [2.05, 4.69) is 0 Å². The van der Waals surface area contributed by atoms with Crippen molar-refractivity contribution in [2.75, 3.05) is 6.61 Å². The quantitative estimate of drug-likeness (QED) is 0.321. The fourth-order valence-corrected chi connectivity index (χ4v) is 2.90. The van der Waals surface area contributed by atoms with E-state index in [4.69, 9.17) is 15.2 Å². The van der Waals surface area contributed by atoms with E-state index in [0.29, 0.717) is 25.9 Å². The van der Waals surface area contributed by atoms with Gasteiger partial charge in [-0.05, 0) is 57.4 Å². The largest absolute Gasteiger partial charge is 0.458 e. The van der Waals surface area contributed by atoms with Gasteiger partial charge < -0.3 is 20.0 Å². The molecule has 0 amide bonds. The van der Waals surface area contributed by atoms with Crippen LogP contribution in [0.25, 0.3) is 0 Å². The van der Waals surface area contributed by atoms with E-state index >= 15 is 0 Å². The molecule has 5 heteroatoms. The lowest BCUT2D eigenvalue weighted by molar-refractivity contribution is -0.163. The molecule has 1 fully saturated rings. The molecule has 2 N–H and O–H groups in total. The Labute approximate surface area is 149 Å². The summed E-state index contributed by atoms with van der Waals surface area (Å²) < 4.78 is 11.1. The number of ether oxygens (including phenoxy) is 2. The predicted molar refractivity (Wildman–Crippen MR) is 95.8 cm³/mol. The lowest BCUT2D eigenvalue weighted by Crippen LogP contribution is -2.54. The van der Waals surface area contributed by atoms with Crippen molar-refractivity contribution < 1.29 is 19.1 Å². The SMILES string of the molecule is CC(C)(C)OC(=O)C(N)(C=O)CC1(CCOCc2ccccc2)CC1. The first kappa shape index (κ1) is 19.6. The minimum atomic E-state index is -1.58. The maximum absolute atomic E-state index is 12.3. The van der Waals surface area contributed by atoms with Gasteiger partial charge in [0, 0.05) is 6.61 Å². The zero-order valence-electron chi connectivity index (χ0n) is 15.4. The molecule has 0 spiro atoms. The molecule has 138 valence electrons. The number of hydrogen-bond acceptors (Lipinski definition) is 5. The van der Waals surface area contributed by atoms with Crippen LogP contribution in [0.3, 0.4) is 0 Å². The summed E-state index contributed by atoms with van der Waals surface area (Å²) in [6, 6.07) is 9.97. The van der Waals surface area contributed by atoms with Crippen LogP contribution in [-0.2, 0) is 25.7 Å². The van der Waals surface area contributed by atoms with Gasteiger partial charge in [-0.3, -0.25) is 0 Å². The molecule has 5 nitrogen and oxygen atoms in total. The van der Waals surface area contributed by atoms with Crippen LogP contribution in [-0.4, -0.2) is 30.0 Å². The molecule has 25 heavy (non-hydrogen) atoms. The Hall–Kier alpha value is -1.72. The number of carbonyl (C=O) groups is 2. The van der Waals surface area contributed by atoms with Crippen molar-refractivity contribution in [2.24, 2.45) is 11.1 Å². The van der Waals surface area contributed by atoms with E-state index in [9.17, 15) is 9.59 Å². The Morgan fingerprint density at radius 3 is 2.40 bits per heavy atom. The highest BCUT2D eigenvalue weighted by molar-refractivity contribution is 5.98. The standard InChI is InChI=1S/C20H29NO4/c1-18(2,3)25-17(23)20(21,15-22)14-19(9-10-19)11-12-24-13-16-7-5-4-6-8-16/h4-8,15H,9-14,21H2,1-3H3. The van der Waals surface area contributed by atoms with E-state index in [1.54, 1.807) is 20.8 Å². The van der Waals surface area contributed by atoms with Crippen LogP contribution >= 0.6 is 0 Å². The van der Waals surface area contributed by atoms with Gasteiger partial charge in [0.2, 0.25) is 0 Å². The van der Waals surface area contributed by atoms with Crippen molar-refractivity contribution >= 4 is 12.3 Å². The molecule has 2 rings (SSSR count). The van der Waals surface area contributed by atoms with E-state index in [-0.39, 0.29) is 5.41 Å². The molecule has 0 saturated heterocycles. The van der Waals surface area contributed by atoms with Gasteiger partial charge >= 0.3 is 5.97 Å². The number of hydrogen-bond donors (Lipinski definition) is 1. The van der Waals surface area contributed by atoms with Crippen molar-refractivity contribution in [1.82, 2.24) is 0 Å². The average Bonchev–Trinajstić information content (AvgIpc) is 3.30. The van der Waals surface area contributed by atoms with E-state index in [0.717, 1.165) is 24.8 Å². The fraction of sp³-hybridized carbons (Fsp3) is 0.600. The van der Waals surface area contributed by atoms with Gasteiger partial charge in [0.15, 0.2) is 11.8 Å². The minimum Gasteiger partial charge on any atom is -0.458 e. The van der Waals surface area contributed by atoms with Gasteiger partial charge in [0.05, 0.1) is 6.61 Å². The van der Waals surface area contributed by atoms with Gasteiger partial charge in [-0.2, -0.15) is 0 Å². The summed E-state index contributed by atoms with van der Waals surface area (Å²) in [5.74, 6) is -0.647. The third-order valence-electron chi connectivity index (χ3n) is 4.50. The van der Waals surface area contributed by atoms with Gasteiger partial charge in [-0.15, -0.1) is 0 Å². The molecular formula is C20H29NO4. The topological polar surface area (TPSA) is 78.6 Å². The number of benzene rings is 1. The van der Waals surface area contributed by atoms with Crippen LogP contribution in [0.1, 0.15) is 52.0 Å². The third kappa shape index (κ3) is 5.94. The van der Waals surface area contributed by atoms with Crippen molar-refractivity contribution in [1.29, 1.82) is 0 Å². The summed E-state index contributed by atoms with van der Waals surface area (Å²) in [6.45, 7) is 6.43. The highest BCUT2D eigenvalue weighted by atomic mass is 16.6. The summed E-state index contributed by atoms with van der Waals surface area (Å²) in [5, 5.41) is 0. The molecule has 0 aromatic heterocycles. The number of rotatable bonds is 9. The lowest BCUT2D eigenvalue weighted by Gasteiger charge is -2.30. The Balaban J connectivity index is 1.84. The highest BCUT2D eigenvalue weighted by Crippen LogP contribution is 2.53. The monoisotopic (exact) mass is 347 g/mol. The maximum atomic E-state index is 12.3. The molecule has 1 aliphatic carbocycles. The molecule has 1 atom stereocenters. The first-order chi connectivity index (χ1) is 11.7. The molecule has 1 aromatic carbocycles. The Bertz CT molecular complexity index is 589. The normalized spacial score (nSPS) is 18.2. The smallest absolute Gasteiger partial charge is 0.334 e. The molecule has 0 bridgehead atoms. The Kier molecular flexibility index (Phi) is 6.01. The lowest BCUT2D eigenvalue weighted by atomic mass is 9.85. The number of carbonyl (C=O) groups excluding carboxylic acids is 2. The van der Waals surface area contributed by atoms with Crippen LogP contribution in [0.5, 0.6) is 0 Å². The zero-order valence-corrected chi connectivity index (χ0v) is 15.4. The van der Waals surface area contributed by atoms with E-state index < -0.39 is 17.1 Å². The molecule has 1 aliphatic rings. The van der Waals surface area contributed by atoms with Crippen molar-refractivity contribution in [3.8, 4) is 0 Å². The average molecular weight is 347 g/mol. The number of nitrogens with two attached hydrogens (primary N) is 1. The summed E-state index contributed by atoms with van der Waals surface area (Å²) in [4.78, 5) is 23.8. The molecule has 1 saturated carbocycles.